The van der Waals surface area contributed by atoms with Crippen LogP contribution in [0, 0.1) is 11.8 Å². The van der Waals surface area contributed by atoms with Gasteiger partial charge in [-0.25, -0.2) is 9.97 Å². The highest BCUT2D eigenvalue weighted by Crippen LogP contribution is 2.39. The smallest absolute Gasteiger partial charge is 0.135 e. The summed E-state index contributed by atoms with van der Waals surface area (Å²) in [6.07, 6.45) is 9.39. The molecule has 110 valence electrons. The molecule has 2 fully saturated rings. The van der Waals surface area contributed by atoms with E-state index in [1.165, 1.54) is 44.9 Å². The van der Waals surface area contributed by atoms with Gasteiger partial charge in [-0.2, -0.15) is 0 Å². The first-order valence-electron chi connectivity index (χ1n) is 8.03. The maximum atomic E-state index is 4.66. The van der Waals surface area contributed by atoms with E-state index in [1.54, 1.807) is 0 Å². The highest BCUT2D eigenvalue weighted by atomic mass is 79.9. The fraction of sp³-hybridized carbons (Fsp3) is 0.750. The summed E-state index contributed by atoms with van der Waals surface area (Å²) in [6, 6.07) is 2.00. The number of anilines is 1. The molecular weight excluding hydrogens is 314 g/mol. The monoisotopic (exact) mass is 337 g/mol. The first-order chi connectivity index (χ1) is 9.74. The molecular formula is C16H24BrN3. The fourth-order valence-electron chi connectivity index (χ4n) is 3.14. The van der Waals surface area contributed by atoms with Crippen molar-refractivity contribution in [3.05, 3.63) is 16.5 Å². The van der Waals surface area contributed by atoms with Crippen molar-refractivity contribution in [1.82, 2.24) is 9.97 Å². The molecule has 3 rings (SSSR count). The van der Waals surface area contributed by atoms with E-state index in [0.29, 0.717) is 5.92 Å². The molecule has 1 aromatic rings. The minimum absolute atomic E-state index is 0.605. The lowest BCUT2D eigenvalue weighted by atomic mass is 9.81. The van der Waals surface area contributed by atoms with Crippen LogP contribution in [0.4, 0.5) is 5.82 Å². The molecule has 1 aromatic heterocycles. The molecule has 4 heteroatoms. The van der Waals surface area contributed by atoms with E-state index < -0.39 is 0 Å². The number of rotatable bonds is 5. The maximum Gasteiger partial charge on any atom is 0.135 e. The van der Waals surface area contributed by atoms with Crippen molar-refractivity contribution < 1.29 is 0 Å². The zero-order valence-corrected chi connectivity index (χ0v) is 13.8. The fourth-order valence-corrected chi connectivity index (χ4v) is 3.54. The summed E-state index contributed by atoms with van der Waals surface area (Å²) in [5, 5.41) is 3.53. The third-order valence-electron chi connectivity index (χ3n) is 4.77. The molecule has 0 unspecified atom stereocenters. The zero-order valence-electron chi connectivity index (χ0n) is 12.2. The normalized spacial score (nSPS) is 26.5. The summed E-state index contributed by atoms with van der Waals surface area (Å²) in [5.41, 5.74) is 0. The average Bonchev–Trinajstić information content (AvgIpc) is 3.30. The number of hydrogen-bond acceptors (Lipinski definition) is 3. The van der Waals surface area contributed by atoms with E-state index >= 15 is 0 Å². The van der Waals surface area contributed by atoms with Crippen molar-refractivity contribution in [3.8, 4) is 0 Å². The van der Waals surface area contributed by atoms with Crippen LogP contribution < -0.4 is 5.32 Å². The average molecular weight is 338 g/mol. The van der Waals surface area contributed by atoms with Gasteiger partial charge in [0.1, 0.15) is 16.2 Å². The van der Waals surface area contributed by atoms with E-state index in [1.807, 2.05) is 6.07 Å². The molecule has 2 saturated carbocycles. The Morgan fingerprint density at radius 3 is 2.45 bits per heavy atom. The lowest BCUT2D eigenvalue weighted by Crippen LogP contribution is -2.21. The minimum atomic E-state index is 0.605. The van der Waals surface area contributed by atoms with Gasteiger partial charge in [-0.05, 0) is 53.4 Å². The van der Waals surface area contributed by atoms with Gasteiger partial charge in [0.05, 0.1) is 0 Å². The van der Waals surface area contributed by atoms with Crippen LogP contribution in [-0.2, 0) is 0 Å². The predicted octanol–water partition coefficient (Wildman–Crippen LogP) is 4.74. The van der Waals surface area contributed by atoms with Gasteiger partial charge in [-0.3, -0.25) is 0 Å². The van der Waals surface area contributed by atoms with Gasteiger partial charge >= 0.3 is 0 Å². The number of nitrogens with one attached hydrogen (secondary N) is 1. The molecule has 0 aromatic carbocycles. The Morgan fingerprint density at radius 1 is 1.10 bits per heavy atom. The standard InChI is InChI=1S/C16H24BrN3/c1-2-11-3-5-12(6-4-11)10-18-15-9-14(17)19-16(20-15)13-7-8-13/h9,11-13H,2-8,10H2,1H3,(H,18,19,20). The van der Waals surface area contributed by atoms with E-state index in [0.717, 1.165) is 34.6 Å². The topological polar surface area (TPSA) is 37.8 Å². The summed E-state index contributed by atoms with van der Waals surface area (Å²) < 4.78 is 0.909. The predicted molar refractivity (Wildman–Crippen MR) is 85.9 cm³/mol. The first kappa shape index (κ1) is 14.3. The summed E-state index contributed by atoms with van der Waals surface area (Å²) in [6.45, 7) is 3.38. The van der Waals surface area contributed by atoms with Gasteiger partial charge < -0.3 is 5.32 Å². The quantitative estimate of drug-likeness (QED) is 0.788. The summed E-state index contributed by atoms with van der Waals surface area (Å²) in [4.78, 5) is 9.14. The second-order valence-corrected chi connectivity index (χ2v) is 7.20. The van der Waals surface area contributed by atoms with Crippen LogP contribution in [0.1, 0.15) is 63.6 Å². The molecule has 0 amide bonds. The molecule has 0 aliphatic heterocycles. The Labute approximate surface area is 130 Å². The highest BCUT2D eigenvalue weighted by molar-refractivity contribution is 9.10. The molecule has 3 nitrogen and oxygen atoms in total. The molecule has 2 aliphatic rings. The van der Waals surface area contributed by atoms with Crippen LogP contribution in [0.2, 0.25) is 0 Å². The van der Waals surface area contributed by atoms with Gasteiger partial charge in [0.15, 0.2) is 0 Å². The molecule has 0 bridgehead atoms. The number of hydrogen-bond donors (Lipinski definition) is 1. The lowest BCUT2D eigenvalue weighted by Gasteiger charge is -2.28. The maximum absolute atomic E-state index is 4.66. The number of halogens is 1. The molecule has 0 saturated heterocycles. The summed E-state index contributed by atoms with van der Waals surface area (Å²) >= 11 is 3.50. The van der Waals surface area contributed by atoms with E-state index in [9.17, 15) is 0 Å². The van der Waals surface area contributed by atoms with Gasteiger partial charge in [0.25, 0.3) is 0 Å². The van der Waals surface area contributed by atoms with Crippen molar-refractivity contribution in [1.29, 1.82) is 0 Å². The van der Waals surface area contributed by atoms with Gasteiger partial charge in [-0.15, -0.1) is 0 Å². The molecule has 20 heavy (non-hydrogen) atoms. The number of nitrogens with zero attached hydrogens (tertiary/aromatic N) is 2. The molecule has 0 spiro atoms. The van der Waals surface area contributed by atoms with Crippen molar-refractivity contribution in [2.24, 2.45) is 11.8 Å². The second kappa shape index (κ2) is 6.42. The second-order valence-electron chi connectivity index (χ2n) is 6.38. The van der Waals surface area contributed by atoms with Crippen LogP contribution in [0.15, 0.2) is 10.7 Å². The van der Waals surface area contributed by atoms with Crippen molar-refractivity contribution in [2.75, 3.05) is 11.9 Å². The molecule has 2 aliphatic carbocycles. The molecule has 1 heterocycles. The first-order valence-corrected chi connectivity index (χ1v) is 8.82. The number of aromatic nitrogens is 2. The third kappa shape index (κ3) is 3.72. The lowest BCUT2D eigenvalue weighted by molar-refractivity contribution is 0.278. The molecule has 0 atom stereocenters. The Kier molecular flexibility index (Phi) is 4.59. The van der Waals surface area contributed by atoms with Crippen LogP contribution in [0.25, 0.3) is 0 Å². The Hall–Kier alpha value is -0.640. The van der Waals surface area contributed by atoms with Gasteiger partial charge in [0.2, 0.25) is 0 Å². The van der Waals surface area contributed by atoms with Crippen molar-refractivity contribution in [3.63, 3.8) is 0 Å². The van der Waals surface area contributed by atoms with E-state index in [-0.39, 0.29) is 0 Å². The zero-order chi connectivity index (χ0) is 13.9. The van der Waals surface area contributed by atoms with Crippen LogP contribution in [0.5, 0.6) is 0 Å². The van der Waals surface area contributed by atoms with Crippen molar-refractivity contribution >= 4 is 21.7 Å². The van der Waals surface area contributed by atoms with Crippen LogP contribution in [0.3, 0.4) is 0 Å². The van der Waals surface area contributed by atoms with E-state index in [2.05, 4.69) is 38.1 Å². The Bertz CT molecular complexity index is 451. The van der Waals surface area contributed by atoms with Gasteiger partial charge in [-0.1, -0.05) is 26.2 Å². The summed E-state index contributed by atoms with van der Waals surface area (Å²) in [7, 11) is 0. The summed E-state index contributed by atoms with van der Waals surface area (Å²) in [5.74, 6) is 4.40. The molecule has 0 radical (unpaired) electrons. The van der Waals surface area contributed by atoms with Gasteiger partial charge in [0, 0.05) is 18.5 Å². The highest BCUT2D eigenvalue weighted by Gasteiger charge is 2.27. The van der Waals surface area contributed by atoms with Crippen molar-refractivity contribution in [2.45, 2.75) is 57.8 Å². The SMILES string of the molecule is CCC1CCC(CNc2cc(Br)nc(C3CC3)n2)CC1. The Balaban J connectivity index is 1.53. The minimum Gasteiger partial charge on any atom is -0.370 e. The Morgan fingerprint density at radius 2 is 1.80 bits per heavy atom. The van der Waals surface area contributed by atoms with Crippen LogP contribution >= 0.6 is 15.9 Å². The third-order valence-corrected chi connectivity index (χ3v) is 5.18. The largest absolute Gasteiger partial charge is 0.370 e. The van der Waals surface area contributed by atoms with Crippen LogP contribution in [-0.4, -0.2) is 16.5 Å². The van der Waals surface area contributed by atoms with E-state index in [4.69, 9.17) is 0 Å². The molecule has 1 N–H and O–H groups in total.